The Hall–Kier alpha value is -4.62. The Bertz CT molecular complexity index is 1860. The third-order valence-corrected chi connectivity index (χ3v) is 10.0. The molecule has 0 bridgehead atoms. The molecule has 5 aromatic rings. The summed E-state index contributed by atoms with van der Waals surface area (Å²) in [5, 5.41) is 0.490. The van der Waals surface area contributed by atoms with E-state index in [2.05, 4.69) is 18.2 Å². The molecule has 1 aromatic heterocycles. The smallest absolute Gasteiger partial charge is 0.263 e. The van der Waals surface area contributed by atoms with Crippen LogP contribution >= 0.6 is 11.8 Å². The highest BCUT2D eigenvalue weighted by molar-refractivity contribution is 7.99. The van der Waals surface area contributed by atoms with Gasteiger partial charge in [0.05, 0.1) is 29.8 Å². The number of methoxy groups -OCH3 is 1. The number of ether oxygens (including phenoxy) is 1. The lowest BCUT2D eigenvalue weighted by Gasteiger charge is -2.42. The van der Waals surface area contributed by atoms with Crippen molar-refractivity contribution < 1.29 is 9.53 Å². The van der Waals surface area contributed by atoms with Crippen molar-refractivity contribution in [3.8, 4) is 22.7 Å². The molecule has 0 saturated heterocycles. The largest absolute Gasteiger partial charge is 0.497 e. The van der Waals surface area contributed by atoms with Gasteiger partial charge in [-0.15, -0.1) is 0 Å². The van der Waals surface area contributed by atoms with E-state index in [0.717, 1.165) is 60.3 Å². The number of para-hydroxylation sites is 2. The van der Waals surface area contributed by atoms with Crippen LogP contribution in [0.3, 0.4) is 0 Å². The van der Waals surface area contributed by atoms with Crippen LogP contribution in [0.15, 0.2) is 119 Å². The average Bonchev–Trinajstić information content (AvgIpc) is 3.08. The number of anilines is 2. The van der Waals surface area contributed by atoms with E-state index in [1.54, 1.807) is 16.6 Å². The monoisotopic (exact) mass is 613 g/mol. The number of thioether (sulfide) groups is 1. The summed E-state index contributed by atoms with van der Waals surface area (Å²) in [7, 11) is 1.62. The molecule has 2 aliphatic carbocycles. The summed E-state index contributed by atoms with van der Waals surface area (Å²) < 4.78 is 7.26. The van der Waals surface area contributed by atoms with Crippen LogP contribution < -0.4 is 15.2 Å². The molecule has 7 heteroatoms. The number of rotatable bonds is 7. The zero-order chi connectivity index (χ0) is 30.8. The second kappa shape index (κ2) is 12.4. The molecule has 0 unspecified atom stereocenters. The maximum absolute atomic E-state index is 14.9. The van der Waals surface area contributed by atoms with Gasteiger partial charge >= 0.3 is 0 Å². The molecule has 1 heterocycles. The molecule has 226 valence electrons. The van der Waals surface area contributed by atoms with Crippen LogP contribution in [0.2, 0.25) is 0 Å². The first-order chi connectivity index (χ1) is 22.1. The molecule has 4 aromatic carbocycles. The second-order valence-electron chi connectivity index (χ2n) is 11.8. The van der Waals surface area contributed by atoms with Crippen LogP contribution in [-0.4, -0.2) is 28.3 Å². The first-order valence-corrected chi connectivity index (χ1v) is 16.5. The third kappa shape index (κ3) is 5.46. The predicted octanol–water partition coefficient (Wildman–Crippen LogP) is 8.12. The summed E-state index contributed by atoms with van der Waals surface area (Å²) in [6.07, 6.45) is 6.17. The van der Waals surface area contributed by atoms with Gasteiger partial charge in [0.25, 0.3) is 5.56 Å². The quantitative estimate of drug-likeness (QED) is 0.137. The van der Waals surface area contributed by atoms with E-state index in [9.17, 15) is 9.59 Å². The SMILES string of the molecule is COc1cccc(-n2c(SCC(=O)N(c3ccccc3)c3ccccc3)nc3c(c2=O)C2(CCCCC2)Cc2ccccc2-3)c1. The molecular formula is C38H35N3O3S. The van der Waals surface area contributed by atoms with Gasteiger partial charge in [-0.05, 0) is 61.2 Å². The second-order valence-corrected chi connectivity index (χ2v) is 12.8. The standard InChI is InChI=1S/C38H35N3O3S/c1-44-31-20-13-19-30(24-31)41-36(43)34-35(32-21-10-9-14-27(32)25-38(34)22-11-4-12-23-38)39-37(41)45-26-33(42)40(28-15-5-2-6-16-28)29-17-7-3-8-18-29/h2-3,5-10,13-21,24H,4,11-12,22-23,25-26H2,1H3. The first kappa shape index (κ1) is 29.1. The van der Waals surface area contributed by atoms with Gasteiger partial charge in [-0.3, -0.25) is 19.1 Å². The van der Waals surface area contributed by atoms with Crippen LogP contribution in [0, 0.1) is 0 Å². The molecular weight excluding hydrogens is 579 g/mol. The van der Waals surface area contributed by atoms with Crippen molar-refractivity contribution in [1.82, 2.24) is 9.55 Å². The molecule has 0 radical (unpaired) electrons. The summed E-state index contributed by atoms with van der Waals surface area (Å²) >= 11 is 1.30. The molecule has 1 saturated carbocycles. The van der Waals surface area contributed by atoms with Gasteiger partial charge in [0.2, 0.25) is 5.91 Å². The lowest BCUT2D eigenvalue weighted by molar-refractivity contribution is -0.115. The highest BCUT2D eigenvalue weighted by Crippen LogP contribution is 2.49. The minimum Gasteiger partial charge on any atom is -0.497 e. The molecule has 6 nitrogen and oxygen atoms in total. The number of hydrogen-bond acceptors (Lipinski definition) is 5. The highest BCUT2D eigenvalue weighted by atomic mass is 32.2. The molecule has 0 atom stereocenters. The van der Waals surface area contributed by atoms with E-state index in [1.165, 1.54) is 23.7 Å². The number of nitrogens with zero attached hydrogens (tertiary/aromatic N) is 3. The lowest BCUT2D eigenvalue weighted by Crippen LogP contribution is -2.43. The molecule has 1 fully saturated rings. The molecule has 1 amide bonds. The lowest BCUT2D eigenvalue weighted by atomic mass is 9.62. The predicted molar refractivity (Wildman–Crippen MR) is 181 cm³/mol. The summed E-state index contributed by atoms with van der Waals surface area (Å²) in [5.41, 5.74) is 5.78. The van der Waals surface area contributed by atoms with Crippen molar-refractivity contribution in [2.24, 2.45) is 0 Å². The highest BCUT2D eigenvalue weighted by Gasteiger charge is 2.43. The van der Waals surface area contributed by atoms with E-state index in [1.807, 2.05) is 91.0 Å². The van der Waals surface area contributed by atoms with Crippen LogP contribution in [0.5, 0.6) is 5.75 Å². The van der Waals surface area contributed by atoms with Crippen molar-refractivity contribution >= 4 is 29.0 Å². The van der Waals surface area contributed by atoms with E-state index >= 15 is 0 Å². The maximum Gasteiger partial charge on any atom is 0.263 e. The zero-order valence-corrected chi connectivity index (χ0v) is 26.1. The third-order valence-electron chi connectivity index (χ3n) is 9.11. The van der Waals surface area contributed by atoms with Crippen molar-refractivity contribution in [3.63, 3.8) is 0 Å². The van der Waals surface area contributed by atoms with Crippen molar-refractivity contribution in [2.75, 3.05) is 17.8 Å². The van der Waals surface area contributed by atoms with Gasteiger partial charge in [-0.2, -0.15) is 0 Å². The average molecular weight is 614 g/mol. The van der Waals surface area contributed by atoms with Crippen molar-refractivity contribution in [2.45, 2.75) is 49.1 Å². The van der Waals surface area contributed by atoms with Gasteiger partial charge in [0.1, 0.15) is 5.75 Å². The number of carbonyl (C=O) groups excluding carboxylic acids is 1. The summed E-state index contributed by atoms with van der Waals surface area (Å²) in [5.74, 6) is 0.637. The van der Waals surface area contributed by atoms with Crippen LogP contribution in [0.25, 0.3) is 16.9 Å². The fourth-order valence-corrected chi connectivity index (χ4v) is 7.90. The minimum absolute atomic E-state index is 0.0532. The Labute approximate surface area is 267 Å². The first-order valence-electron chi connectivity index (χ1n) is 15.5. The van der Waals surface area contributed by atoms with Gasteiger partial charge in [-0.1, -0.05) is 97.8 Å². The van der Waals surface area contributed by atoms with Gasteiger partial charge in [-0.25, -0.2) is 4.98 Å². The van der Waals surface area contributed by atoms with Gasteiger partial charge in [0, 0.05) is 28.4 Å². The minimum atomic E-state index is -0.247. The normalized spacial score (nSPS) is 14.8. The molecule has 0 aliphatic heterocycles. The number of benzene rings is 4. The van der Waals surface area contributed by atoms with E-state index in [4.69, 9.17) is 9.72 Å². The van der Waals surface area contributed by atoms with Gasteiger partial charge in [0.15, 0.2) is 5.16 Å². The summed E-state index contributed by atoms with van der Waals surface area (Å²) in [6.45, 7) is 0. The van der Waals surface area contributed by atoms with Crippen molar-refractivity contribution in [1.29, 1.82) is 0 Å². The van der Waals surface area contributed by atoms with Crippen LogP contribution in [-0.2, 0) is 16.6 Å². The fraction of sp³-hybridized carbons (Fsp3) is 0.237. The Morgan fingerprint density at radius 2 is 1.53 bits per heavy atom. The van der Waals surface area contributed by atoms with E-state index < -0.39 is 0 Å². The molecule has 45 heavy (non-hydrogen) atoms. The summed E-state index contributed by atoms with van der Waals surface area (Å²) in [6, 6.07) is 35.2. The molecule has 0 N–H and O–H groups in total. The summed E-state index contributed by atoms with van der Waals surface area (Å²) in [4.78, 5) is 36.0. The topological polar surface area (TPSA) is 64.4 Å². The molecule has 7 rings (SSSR count). The van der Waals surface area contributed by atoms with E-state index in [-0.39, 0.29) is 22.6 Å². The maximum atomic E-state index is 14.9. The molecule has 1 spiro atoms. The Morgan fingerprint density at radius 3 is 2.22 bits per heavy atom. The van der Waals surface area contributed by atoms with Gasteiger partial charge < -0.3 is 4.74 Å². The number of fused-ring (bicyclic) bond motifs is 4. The number of aromatic nitrogens is 2. The van der Waals surface area contributed by atoms with Crippen molar-refractivity contribution in [3.05, 3.63) is 131 Å². The van der Waals surface area contributed by atoms with E-state index in [0.29, 0.717) is 16.6 Å². The number of hydrogen-bond donors (Lipinski definition) is 0. The molecule has 2 aliphatic rings. The fourth-order valence-electron chi connectivity index (χ4n) is 7.04. The number of amides is 1. The van der Waals surface area contributed by atoms with Crippen LogP contribution in [0.1, 0.15) is 43.2 Å². The number of carbonyl (C=O) groups is 1. The van der Waals surface area contributed by atoms with Crippen LogP contribution in [0.4, 0.5) is 11.4 Å². The Kier molecular flexibility index (Phi) is 8.03. The zero-order valence-electron chi connectivity index (χ0n) is 25.3. The Morgan fingerprint density at radius 1 is 0.867 bits per heavy atom. The Balaban J connectivity index is 1.37.